The van der Waals surface area contributed by atoms with Crippen molar-refractivity contribution in [1.29, 1.82) is 0 Å². The highest BCUT2D eigenvalue weighted by Crippen LogP contribution is 2.33. The molecule has 2 amide bonds. The summed E-state index contributed by atoms with van der Waals surface area (Å²) in [5.41, 5.74) is -0.745. The molecule has 168 valence electrons. The van der Waals surface area contributed by atoms with E-state index in [9.17, 15) is 32.0 Å². The van der Waals surface area contributed by atoms with Crippen LogP contribution in [-0.2, 0) is 15.0 Å². The van der Waals surface area contributed by atoms with E-state index in [1.807, 2.05) is 4.72 Å². The molecule has 13 heteroatoms. The van der Waals surface area contributed by atoms with E-state index in [0.29, 0.717) is 15.1 Å². The van der Waals surface area contributed by atoms with E-state index < -0.39 is 51.9 Å². The minimum atomic E-state index is -3.97. The molecule has 0 spiro atoms. The number of amides is 2. The van der Waals surface area contributed by atoms with Gasteiger partial charge in [-0.25, -0.2) is 13.9 Å². The molecule has 0 saturated carbocycles. The van der Waals surface area contributed by atoms with Gasteiger partial charge in [0, 0.05) is 10.0 Å². The normalized spacial score (nSPS) is 16.2. The first-order valence-corrected chi connectivity index (χ1v) is 11.1. The number of nitrogens with one attached hydrogen (secondary N) is 1. The molecule has 1 unspecified atom stereocenters. The van der Waals surface area contributed by atoms with Gasteiger partial charge in [-0.15, -0.1) is 0 Å². The van der Waals surface area contributed by atoms with E-state index in [1.165, 1.54) is 0 Å². The van der Waals surface area contributed by atoms with Crippen LogP contribution < -0.4 is 9.86 Å². The van der Waals surface area contributed by atoms with Gasteiger partial charge in [0.05, 0.1) is 6.54 Å². The summed E-state index contributed by atoms with van der Waals surface area (Å²) >= 11 is 3.25. The second-order valence-corrected chi connectivity index (χ2v) is 8.88. The average molecular weight is 529 g/mol. The van der Waals surface area contributed by atoms with Gasteiger partial charge in [0.25, 0.3) is 22.0 Å². The number of nitrogens with zero attached hydrogens (tertiary/aromatic N) is 2. The van der Waals surface area contributed by atoms with Crippen LogP contribution in [0.25, 0.3) is 0 Å². The van der Waals surface area contributed by atoms with Crippen molar-refractivity contribution in [3.63, 3.8) is 0 Å². The molecule has 1 heterocycles. The second kappa shape index (κ2) is 9.31. The predicted molar refractivity (Wildman–Crippen MR) is 111 cm³/mol. The fourth-order valence-corrected chi connectivity index (χ4v) is 3.71. The highest BCUT2D eigenvalue weighted by molar-refractivity contribution is 9.10. The maximum atomic E-state index is 14.6. The van der Waals surface area contributed by atoms with E-state index in [-0.39, 0.29) is 12.1 Å². The van der Waals surface area contributed by atoms with Crippen molar-refractivity contribution in [2.75, 3.05) is 13.1 Å². The van der Waals surface area contributed by atoms with Crippen molar-refractivity contribution in [2.45, 2.75) is 6.17 Å². The minimum absolute atomic E-state index is 0.155. The van der Waals surface area contributed by atoms with Gasteiger partial charge < -0.3 is 4.90 Å². The Kier molecular flexibility index (Phi) is 6.91. The molecule has 2 aromatic rings. The zero-order valence-electron chi connectivity index (χ0n) is 16.0. The monoisotopic (exact) mass is 528 g/mol. The Bertz CT molecular complexity index is 1240. The average Bonchev–Trinajstić information content (AvgIpc) is 2.99. The smallest absolute Gasteiger partial charge is 0.275 e. The molecule has 1 atom stereocenters. The summed E-state index contributed by atoms with van der Waals surface area (Å²) in [6, 6.07) is 7.97. The van der Waals surface area contributed by atoms with Crippen molar-refractivity contribution in [3.05, 3.63) is 69.2 Å². The lowest BCUT2D eigenvalue weighted by molar-refractivity contribution is -0.168. The number of halogens is 3. The van der Waals surface area contributed by atoms with Crippen LogP contribution >= 0.6 is 15.9 Å². The third-order valence-electron chi connectivity index (χ3n) is 4.35. The molecule has 0 radical (unpaired) electrons. The minimum Gasteiger partial charge on any atom is -0.302 e. The number of hydroxylamine groups is 2. The van der Waals surface area contributed by atoms with Gasteiger partial charge in [0.15, 0.2) is 6.17 Å². The molecule has 4 N–H and O–H groups in total. The molecule has 0 aromatic heterocycles. The maximum Gasteiger partial charge on any atom is 0.275 e. The first-order chi connectivity index (χ1) is 15.0. The van der Waals surface area contributed by atoms with Gasteiger partial charge >= 0.3 is 0 Å². The first kappa shape index (κ1) is 23.8. The number of benzene rings is 2. The topological polar surface area (TPSA) is 133 Å². The number of carbonyl (C=O) groups is 2. The van der Waals surface area contributed by atoms with Crippen LogP contribution in [0.4, 0.5) is 8.78 Å². The molecule has 0 aliphatic carbocycles. The van der Waals surface area contributed by atoms with Crippen LogP contribution in [0.3, 0.4) is 0 Å². The number of hydrogen-bond donors (Lipinski definition) is 3. The first-order valence-electron chi connectivity index (χ1n) is 8.80. The highest BCUT2D eigenvalue weighted by atomic mass is 79.9. The van der Waals surface area contributed by atoms with Crippen molar-refractivity contribution in [2.24, 2.45) is 5.14 Å². The van der Waals surface area contributed by atoms with Crippen LogP contribution in [-0.4, -0.2) is 48.5 Å². The Balaban J connectivity index is 1.91. The van der Waals surface area contributed by atoms with E-state index in [1.54, 1.807) is 24.3 Å². The molecule has 9 nitrogen and oxygen atoms in total. The van der Waals surface area contributed by atoms with Gasteiger partial charge in [0.1, 0.15) is 23.7 Å². The fraction of sp³-hybridized carbons (Fsp3) is 0.158. The largest absolute Gasteiger partial charge is 0.302 e. The van der Waals surface area contributed by atoms with E-state index in [2.05, 4.69) is 27.8 Å². The predicted octanol–water partition coefficient (Wildman–Crippen LogP) is 1.24. The van der Waals surface area contributed by atoms with Crippen LogP contribution in [0, 0.1) is 23.5 Å². The van der Waals surface area contributed by atoms with Gasteiger partial charge in [-0.05, 0) is 29.8 Å². The molecule has 1 fully saturated rings. The molecule has 1 aliphatic rings. The highest BCUT2D eigenvalue weighted by Gasteiger charge is 2.42. The quantitative estimate of drug-likeness (QED) is 0.405. The summed E-state index contributed by atoms with van der Waals surface area (Å²) in [6.45, 7) is -0.981. The summed E-state index contributed by atoms with van der Waals surface area (Å²) < 4.78 is 53.3. The van der Waals surface area contributed by atoms with Crippen molar-refractivity contribution < 1.29 is 32.0 Å². The molecule has 1 saturated heterocycles. The molecular weight excluding hydrogens is 514 g/mol. The molecule has 0 bridgehead atoms. The van der Waals surface area contributed by atoms with Gasteiger partial charge in [-0.2, -0.15) is 18.2 Å². The van der Waals surface area contributed by atoms with E-state index >= 15 is 0 Å². The number of nitrogens with two attached hydrogens (primary N) is 1. The lowest BCUT2D eigenvalue weighted by atomic mass is 10.1. The molecule has 3 rings (SSSR count). The van der Waals surface area contributed by atoms with E-state index in [0.717, 1.165) is 17.0 Å². The Hall–Kier alpha value is -2.89. The number of hydrogen-bond acceptors (Lipinski definition) is 5. The summed E-state index contributed by atoms with van der Waals surface area (Å²) in [4.78, 5) is 25.8. The van der Waals surface area contributed by atoms with Crippen molar-refractivity contribution in [3.8, 4) is 11.8 Å². The summed E-state index contributed by atoms with van der Waals surface area (Å²) in [5.74, 6) is 0.215. The zero-order chi connectivity index (χ0) is 23.6. The van der Waals surface area contributed by atoms with Crippen LogP contribution in [0.15, 0.2) is 40.9 Å². The van der Waals surface area contributed by atoms with Crippen LogP contribution in [0.2, 0.25) is 0 Å². The van der Waals surface area contributed by atoms with Gasteiger partial charge in [-0.3, -0.25) is 14.8 Å². The Labute approximate surface area is 190 Å². The summed E-state index contributed by atoms with van der Waals surface area (Å²) in [7, 11) is -3.97. The number of carbonyl (C=O) groups excluding carboxylic acids is 2. The van der Waals surface area contributed by atoms with Crippen molar-refractivity contribution in [1.82, 2.24) is 14.7 Å². The molecule has 32 heavy (non-hydrogen) atoms. The third-order valence-corrected chi connectivity index (χ3v) is 5.39. The third kappa shape index (κ3) is 5.29. The van der Waals surface area contributed by atoms with Crippen molar-refractivity contribution >= 4 is 38.0 Å². The Morgan fingerprint density at radius 3 is 2.53 bits per heavy atom. The Morgan fingerprint density at radius 1 is 1.28 bits per heavy atom. The van der Waals surface area contributed by atoms with Crippen LogP contribution in [0.5, 0.6) is 0 Å². The second-order valence-electron chi connectivity index (χ2n) is 6.58. The fourth-order valence-electron chi connectivity index (χ4n) is 3.02. The lowest BCUT2D eigenvalue weighted by Gasteiger charge is -2.27. The maximum absolute atomic E-state index is 14.6. The number of rotatable bonds is 4. The summed E-state index contributed by atoms with van der Waals surface area (Å²) in [5, 5.41) is 15.2. The zero-order valence-corrected chi connectivity index (χ0v) is 18.5. The molecule has 2 aromatic carbocycles. The SMILES string of the molecule is NS(=O)(=O)NCC#Cc1cc(F)c(C(=O)N2CC(=O)N(O)C2c2cccc(Br)c2)c(F)c1. The summed E-state index contributed by atoms with van der Waals surface area (Å²) in [6.07, 6.45) is -1.28. The van der Waals surface area contributed by atoms with Crippen LogP contribution in [0.1, 0.15) is 27.7 Å². The standard InChI is InChI=1S/C19H15BrF2N4O5S/c20-13-5-1-4-12(9-13)18-25(10-16(27)26(18)29)19(28)17-14(21)7-11(8-15(17)22)3-2-6-24-32(23,30)31/h1,4-5,7-9,18,24,29H,6,10H2,(H2,23,30,31). The Morgan fingerprint density at radius 2 is 1.94 bits per heavy atom. The molecule has 1 aliphatic heterocycles. The van der Waals surface area contributed by atoms with Gasteiger partial charge in [0.2, 0.25) is 0 Å². The molecular formula is C19H15BrF2N4O5S. The van der Waals surface area contributed by atoms with Gasteiger partial charge in [-0.1, -0.05) is 39.9 Å². The lowest BCUT2D eigenvalue weighted by Crippen LogP contribution is -2.35. The van der Waals surface area contributed by atoms with E-state index in [4.69, 9.17) is 5.14 Å².